The minimum absolute atomic E-state index is 0.684. The third-order valence-electron chi connectivity index (χ3n) is 4.09. The van der Waals surface area contributed by atoms with Gasteiger partial charge in [0.1, 0.15) is 0 Å². The minimum atomic E-state index is 0.684. The number of nitrogens with one attached hydrogen (secondary N) is 1. The third-order valence-corrected chi connectivity index (χ3v) is 4.09. The molecule has 0 spiro atoms. The first kappa shape index (κ1) is 14.2. The van der Waals surface area contributed by atoms with Crippen molar-refractivity contribution >= 4 is 11.4 Å². The molecule has 1 aliphatic heterocycles. The molecule has 0 aliphatic carbocycles. The maximum absolute atomic E-state index is 3.63. The van der Waals surface area contributed by atoms with E-state index in [1.54, 1.807) is 0 Å². The first-order valence-corrected chi connectivity index (χ1v) is 7.38. The van der Waals surface area contributed by atoms with E-state index in [4.69, 9.17) is 0 Å². The Bertz CT molecular complexity index is 414. The zero-order chi connectivity index (χ0) is 13.8. The Balaban J connectivity index is 2.15. The quantitative estimate of drug-likeness (QED) is 0.902. The number of nitrogens with zero attached hydrogens (tertiary/aromatic N) is 2. The van der Waals surface area contributed by atoms with E-state index in [9.17, 15) is 0 Å². The lowest BCUT2D eigenvalue weighted by molar-refractivity contribution is 0.510. The highest BCUT2D eigenvalue weighted by atomic mass is 15.2. The molecule has 3 nitrogen and oxygen atoms in total. The molecule has 0 aromatic heterocycles. The first-order valence-electron chi connectivity index (χ1n) is 7.38. The van der Waals surface area contributed by atoms with Crippen LogP contribution in [-0.2, 0) is 0 Å². The van der Waals surface area contributed by atoms with E-state index >= 15 is 0 Å². The molecule has 1 saturated heterocycles. The number of rotatable bonds is 3. The molecule has 0 saturated carbocycles. The van der Waals surface area contributed by atoms with Gasteiger partial charge in [-0.25, -0.2) is 0 Å². The van der Waals surface area contributed by atoms with Crippen molar-refractivity contribution in [3.8, 4) is 0 Å². The third kappa shape index (κ3) is 3.41. The van der Waals surface area contributed by atoms with Crippen molar-refractivity contribution in [1.82, 2.24) is 5.32 Å². The summed E-state index contributed by atoms with van der Waals surface area (Å²) in [6.45, 7) is 7.79. The van der Waals surface area contributed by atoms with Crippen LogP contribution in [0.25, 0.3) is 0 Å². The molecule has 1 aromatic carbocycles. The Morgan fingerprint density at radius 3 is 2.79 bits per heavy atom. The standard InChI is InChI=1S/C16H27N3/c1-5-14-8-10-19(11-9-17-14)15-7-6-13(2)16(12-15)18(3)4/h6-7,12,14,17H,5,8-11H2,1-4H3. The van der Waals surface area contributed by atoms with Crippen molar-refractivity contribution in [3.63, 3.8) is 0 Å². The van der Waals surface area contributed by atoms with Gasteiger partial charge in [-0.3, -0.25) is 0 Å². The number of aryl methyl sites for hydroxylation is 1. The molecule has 2 rings (SSSR count). The highest BCUT2D eigenvalue weighted by Gasteiger charge is 2.16. The largest absolute Gasteiger partial charge is 0.377 e. The number of anilines is 2. The summed E-state index contributed by atoms with van der Waals surface area (Å²) < 4.78 is 0. The highest BCUT2D eigenvalue weighted by molar-refractivity contribution is 5.63. The van der Waals surface area contributed by atoms with E-state index in [0.29, 0.717) is 6.04 Å². The maximum atomic E-state index is 3.63. The maximum Gasteiger partial charge on any atom is 0.0411 e. The summed E-state index contributed by atoms with van der Waals surface area (Å²) >= 11 is 0. The Morgan fingerprint density at radius 2 is 2.11 bits per heavy atom. The topological polar surface area (TPSA) is 18.5 Å². The second kappa shape index (κ2) is 6.29. The van der Waals surface area contributed by atoms with E-state index < -0.39 is 0 Å². The van der Waals surface area contributed by atoms with E-state index in [2.05, 4.69) is 61.3 Å². The van der Waals surface area contributed by atoms with Crippen LogP contribution in [0.1, 0.15) is 25.3 Å². The molecule has 3 heteroatoms. The Hall–Kier alpha value is -1.22. The molecule has 0 bridgehead atoms. The van der Waals surface area contributed by atoms with Gasteiger partial charge in [-0.05, 0) is 37.5 Å². The van der Waals surface area contributed by atoms with Crippen molar-refractivity contribution in [2.24, 2.45) is 0 Å². The summed E-state index contributed by atoms with van der Waals surface area (Å²) in [5.41, 5.74) is 4.02. The molecule has 1 unspecified atom stereocenters. The van der Waals surface area contributed by atoms with Crippen LogP contribution in [0, 0.1) is 6.92 Å². The predicted octanol–water partition coefficient (Wildman–Crippen LogP) is 2.64. The summed E-state index contributed by atoms with van der Waals surface area (Å²) in [4.78, 5) is 4.71. The summed E-state index contributed by atoms with van der Waals surface area (Å²) in [5.74, 6) is 0. The number of benzene rings is 1. The van der Waals surface area contributed by atoms with Crippen molar-refractivity contribution in [2.75, 3.05) is 43.5 Å². The van der Waals surface area contributed by atoms with Crippen LogP contribution in [0.2, 0.25) is 0 Å². The number of hydrogen-bond acceptors (Lipinski definition) is 3. The lowest BCUT2D eigenvalue weighted by Gasteiger charge is -2.25. The second-order valence-electron chi connectivity index (χ2n) is 5.70. The molecule has 0 amide bonds. The zero-order valence-electron chi connectivity index (χ0n) is 12.7. The van der Waals surface area contributed by atoms with Crippen molar-refractivity contribution in [1.29, 1.82) is 0 Å². The highest BCUT2D eigenvalue weighted by Crippen LogP contribution is 2.26. The number of hydrogen-bond donors (Lipinski definition) is 1. The van der Waals surface area contributed by atoms with Gasteiger partial charge in [0.25, 0.3) is 0 Å². The lowest BCUT2D eigenvalue weighted by atomic mass is 10.1. The molecular weight excluding hydrogens is 234 g/mol. The average molecular weight is 261 g/mol. The van der Waals surface area contributed by atoms with Gasteiger partial charge in [0.2, 0.25) is 0 Å². The van der Waals surface area contributed by atoms with E-state index in [1.165, 1.54) is 29.8 Å². The van der Waals surface area contributed by atoms with Gasteiger partial charge in [0.15, 0.2) is 0 Å². The molecule has 19 heavy (non-hydrogen) atoms. The summed E-state index contributed by atoms with van der Waals surface area (Å²) in [7, 11) is 4.23. The van der Waals surface area contributed by atoms with Gasteiger partial charge in [0.05, 0.1) is 0 Å². The van der Waals surface area contributed by atoms with Gasteiger partial charge in [-0.15, -0.1) is 0 Å². The normalized spacial score (nSPS) is 20.2. The van der Waals surface area contributed by atoms with E-state index in [0.717, 1.165) is 19.6 Å². The van der Waals surface area contributed by atoms with Gasteiger partial charge in [-0.1, -0.05) is 13.0 Å². The predicted molar refractivity (Wildman–Crippen MR) is 84.4 cm³/mol. The molecule has 0 radical (unpaired) electrons. The van der Waals surface area contributed by atoms with Crippen LogP contribution in [-0.4, -0.2) is 39.8 Å². The van der Waals surface area contributed by atoms with Crippen LogP contribution >= 0.6 is 0 Å². The Morgan fingerprint density at radius 1 is 1.32 bits per heavy atom. The van der Waals surface area contributed by atoms with E-state index in [-0.39, 0.29) is 0 Å². The van der Waals surface area contributed by atoms with Gasteiger partial charge < -0.3 is 15.1 Å². The fourth-order valence-corrected chi connectivity index (χ4v) is 2.81. The van der Waals surface area contributed by atoms with Crippen LogP contribution in [0.4, 0.5) is 11.4 Å². The molecule has 1 atom stereocenters. The van der Waals surface area contributed by atoms with Gasteiger partial charge in [-0.2, -0.15) is 0 Å². The minimum Gasteiger partial charge on any atom is -0.377 e. The van der Waals surface area contributed by atoms with Crippen molar-refractivity contribution in [3.05, 3.63) is 23.8 Å². The monoisotopic (exact) mass is 261 g/mol. The second-order valence-corrected chi connectivity index (χ2v) is 5.70. The van der Waals surface area contributed by atoms with Crippen LogP contribution < -0.4 is 15.1 Å². The average Bonchev–Trinajstić information content (AvgIpc) is 2.64. The first-order chi connectivity index (χ1) is 9.11. The smallest absolute Gasteiger partial charge is 0.0411 e. The van der Waals surface area contributed by atoms with Crippen LogP contribution in [0.3, 0.4) is 0 Å². The van der Waals surface area contributed by atoms with Gasteiger partial charge in [0, 0.05) is 51.1 Å². The zero-order valence-corrected chi connectivity index (χ0v) is 12.7. The molecular formula is C16H27N3. The SMILES string of the molecule is CCC1CCN(c2ccc(C)c(N(C)C)c2)CCN1. The molecule has 1 N–H and O–H groups in total. The molecule has 106 valence electrons. The lowest BCUT2D eigenvalue weighted by Crippen LogP contribution is -2.30. The van der Waals surface area contributed by atoms with Crippen LogP contribution in [0.15, 0.2) is 18.2 Å². The Kier molecular flexibility index (Phi) is 4.70. The molecule has 1 fully saturated rings. The fraction of sp³-hybridized carbons (Fsp3) is 0.625. The molecule has 1 heterocycles. The summed E-state index contributed by atoms with van der Waals surface area (Å²) in [6, 6.07) is 7.50. The van der Waals surface area contributed by atoms with Crippen molar-refractivity contribution in [2.45, 2.75) is 32.7 Å². The summed E-state index contributed by atoms with van der Waals surface area (Å²) in [5, 5.41) is 3.63. The van der Waals surface area contributed by atoms with Gasteiger partial charge >= 0.3 is 0 Å². The Labute approximate surface area is 117 Å². The van der Waals surface area contributed by atoms with Crippen LogP contribution in [0.5, 0.6) is 0 Å². The molecule has 1 aromatic rings. The molecule has 1 aliphatic rings. The van der Waals surface area contributed by atoms with Crippen molar-refractivity contribution < 1.29 is 0 Å². The fourth-order valence-electron chi connectivity index (χ4n) is 2.81. The summed E-state index contributed by atoms with van der Waals surface area (Å²) in [6.07, 6.45) is 2.46. The van der Waals surface area contributed by atoms with E-state index in [1.807, 2.05) is 0 Å².